The molecule has 4 rings (SSSR count). The van der Waals surface area contributed by atoms with Crippen LogP contribution in [-0.4, -0.2) is 16.9 Å². The molecule has 2 aromatic carbocycles. The van der Waals surface area contributed by atoms with Crippen LogP contribution in [0.3, 0.4) is 0 Å². The van der Waals surface area contributed by atoms with Crippen molar-refractivity contribution in [3.63, 3.8) is 0 Å². The van der Waals surface area contributed by atoms with E-state index in [2.05, 4.69) is 71.0 Å². The number of hydrogen-bond donors (Lipinski definition) is 0. The van der Waals surface area contributed by atoms with Crippen LogP contribution in [0.5, 0.6) is 5.75 Å². The summed E-state index contributed by atoms with van der Waals surface area (Å²) in [5.41, 5.74) is 7.41. The van der Waals surface area contributed by atoms with Crippen LogP contribution in [0, 0.1) is 6.92 Å². The lowest BCUT2D eigenvalue weighted by molar-refractivity contribution is 0.137. The Morgan fingerprint density at radius 1 is 1.00 bits per heavy atom. The molecule has 24 heavy (non-hydrogen) atoms. The predicted octanol–water partition coefficient (Wildman–Crippen LogP) is 4.88. The zero-order chi connectivity index (χ0) is 17.1. The van der Waals surface area contributed by atoms with Gasteiger partial charge in [-0.15, -0.1) is 0 Å². The van der Waals surface area contributed by atoms with Crippen LogP contribution in [0.25, 0.3) is 0 Å². The molecule has 0 N–H and O–H groups in total. The molecule has 0 radical (unpaired) electrons. The molecule has 0 saturated heterocycles. The second-order valence-electron chi connectivity index (χ2n) is 8.39. The summed E-state index contributed by atoms with van der Waals surface area (Å²) < 4.78 is 6.27. The van der Waals surface area contributed by atoms with E-state index in [-0.39, 0.29) is 11.1 Å². The van der Waals surface area contributed by atoms with Crippen molar-refractivity contribution >= 4 is 5.71 Å². The van der Waals surface area contributed by atoms with E-state index in [1.165, 1.54) is 27.8 Å². The molecule has 2 aliphatic heterocycles. The van der Waals surface area contributed by atoms with Crippen LogP contribution in [0.1, 0.15) is 55.5 Å². The van der Waals surface area contributed by atoms with Crippen LogP contribution in [0.15, 0.2) is 41.4 Å². The van der Waals surface area contributed by atoms with Crippen LogP contribution < -0.4 is 4.74 Å². The van der Waals surface area contributed by atoms with Gasteiger partial charge in [0.1, 0.15) is 11.4 Å². The van der Waals surface area contributed by atoms with Crippen molar-refractivity contribution in [2.24, 2.45) is 4.99 Å². The van der Waals surface area contributed by atoms with Crippen LogP contribution >= 0.6 is 0 Å². The first kappa shape index (κ1) is 15.4. The van der Waals surface area contributed by atoms with Gasteiger partial charge >= 0.3 is 0 Å². The maximum atomic E-state index is 6.27. The summed E-state index contributed by atoms with van der Waals surface area (Å²) >= 11 is 0. The highest BCUT2D eigenvalue weighted by Crippen LogP contribution is 2.44. The number of ether oxygens (including phenoxy) is 1. The Balaban J connectivity index is 1.99. The van der Waals surface area contributed by atoms with E-state index in [1.54, 1.807) is 0 Å². The first-order chi connectivity index (χ1) is 11.3. The fraction of sp³-hybridized carbons (Fsp3) is 0.409. The Kier molecular flexibility index (Phi) is 3.19. The fourth-order valence-electron chi connectivity index (χ4n) is 4.10. The van der Waals surface area contributed by atoms with E-state index in [9.17, 15) is 0 Å². The van der Waals surface area contributed by atoms with E-state index in [0.29, 0.717) is 0 Å². The molecule has 0 aromatic heterocycles. The molecule has 0 atom stereocenters. The predicted molar refractivity (Wildman–Crippen MR) is 99.5 cm³/mol. The molecule has 2 heterocycles. The third-order valence-corrected chi connectivity index (χ3v) is 4.95. The number of fused-ring (bicyclic) bond motifs is 3. The number of nitrogens with zero attached hydrogens (tertiary/aromatic N) is 1. The lowest BCUT2D eigenvalue weighted by atomic mass is 9.80. The minimum absolute atomic E-state index is 0.0756. The minimum Gasteiger partial charge on any atom is -0.487 e. The number of aliphatic imine (C=N–C) groups is 1. The zero-order valence-corrected chi connectivity index (χ0v) is 15.2. The molecule has 2 aromatic rings. The molecule has 0 bridgehead atoms. The molecule has 0 saturated carbocycles. The lowest BCUT2D eigenvalue weighted by Gasteiger charge is -2.31. The Labute approximate surface area is 144 Å². The Morgan fingerprint density at radius 2 is 1.71 bits per heavy atom. The maximum Gasteiger partial charge on any atom is 0.127 e. The van der Waals surface area contributed by atoms with Gasteiger partial charge in [0.15, 0.2) is 0 Å². The van der Waals surface area contributed by atoms with Crippen molar-refractivity contribution in [3.8, 4) is 5.75 Å². The van der Waals surface area contributed by atoms with Crippen molar-refractivity contribution < 1.29 is 4.74 Å². The molecule has 0 spiro atoms. The van der Waals surface area contributed by atoms with Gasteiger partial charge in [-0.1, -0.05) is 36.4 Å². The first-order valence-corrected chi connectivity index (χ1v) is 8.76. The normalized spacial score (nSPS) is 20.0. The summed E-state index contributed by atoms with van der Waals surface area (Å²) in [6, 6.07) is 12.9. The van der Waals surface area contributed by atoms with Gasteiger partial charge in [0.05, 0.1) is 11.3 Å². The van der Waals surface area contributed by atoms with Crippen molar-refractivity contribution in [2.75, 3.05) is 0 Å². The molecule has 0 unspecified atom stereocenters. The largest absolute Gasteiger partial charge is 0.487 e. The monoisotopic (exact) mass is 319 g/mol. The van der Waals surface area contributed by atoms with Gasteiger partial charge < -0.3 is 4.74 Å². The fourth-order valence-corrected chi connectivity index (χ4v) is 4.10. The third-order valence-electron chi connectivity index (χ3n) is 4.95. The molecule has 0 aliphatic carbocycles. The summed E-state index contributed by atoms with van der Waals surface area (Å²) in [6.07, 6.45) is 1.92. The van der Waals surface area contributed by atoms with Gasteiger partial charge in [0.2, 0.25) is 0 Å². The third kappa shape index (κ3) is 2.45. The van der Waals surface area contributed by atoms with Gasteiger partial charge in [0.25, 0.3) is 0 Å². The van der Waals surface area contributed by atoms with E-state index in [4.69, 9.17) is 9.73 Å². The highest BCUT2D eigenvalue weighted by molar-refractivity contribution is 6.16. The van der Waals surface area contributed by atoms with Gasteiger partial charge in [0, 0.05) is 23.1 Å². The average molecular weight is 319 g/mol. The topological polar surface area (TPSA) is 21.6 Å². The van der Waals surface area contributed by atoms with E-state index in [0.717, 1.165) is 24.3 Å². The number of benzene rings is 2. The van der Waals surface area contributed by atoms with Crippen LogP contribution in [0.4, 0.5) is 0 Å². The molecular formula is C22H25NO. The zero-order valence-electron chi connectivity index (χ0n) is 15.2. The summed E-state index contributed by atoms with van der Waals surface area (Å²) in [5.74, 6) is 1.07. The van der Waals surface area contributed by atoms with E-state index in [1.807, 2.05) is 0 Å². The standard InChI is InChI=1S/C22H25NO/c1-14-11-16-12-21(2,3)23-19(15-9-7-6-8-10-15)18(16)17-13-22(4,5)24-20(14)17/h6-11H,12-13H2,1-5H3. The smallest absolute Gasteiger partial charge is 0.127 e. The summed E-state index contributed by atoms with van der Waals surface area (Å²) in [6.45, 7) is 11.0. The Hall–Kier alpha value is -2.09. The van der Waals surface area contributed by atoms with Gasteiger partial charge in [-0.3, -0.25) is 4.99 Å². The Morgan fingerprint density at radius 3 is 2.42 bits per heavy atom. The summed E-state index contributed by atoms with van der Waals surface area (Å²) in [5, 5.41) is 0. The summed E-state index contributed by atoms with van der Waals surface area (Å²) in [4.78, 5) is 5.14. The maximum absolute atomic E-state index is 6.27. The quantitative estimate of drug-likeness (QED) is 0.734. The molecule has 2 nitrogen and oxygen atoms in total. The summed E-state index contributed by atoms with van der Waals surface area (Å²) in [7, 11) is 0. The van der Waals surface area contributed by atoms with Crippen LogP contribution in [-0.2, 0) is 12.8 Å². The highest BCUT2D eigenvalue weighted by Gasteiger charge is 2.38. The minimum atomic E-state index is -0.142. The second kappa shape index (κ2) is 4.95. The number of hydrogen-bond acceptors (Lipinski definition) is 2. The second-order valence-corrected chi connectivity index (χ2v) is 8.39. The number of rotatable bonds is 1. The van der Waals surface area contributed by atoms with Crippen molar-refractivity contribution in [1.29, 1.82) is 0 Å². The molecule has 2 heteroatoms. The lowest BCUT2D eigenvalue weighted by Crippen LogP contribution is -2.30. The highest BCUT2D eigenvalue weighted by atomic mass is 16.5. The average Bonchev–Trinajstić information content (AvgIpc) is 2.82. The SMILES string of the molecule is Cc1cc2c(c3c1OC(C)(C)C3)C(c1ccccc1)=NC(C)(C)C2. The first-order valence-electron chi connectivity index (χ1n) is 8.76. The molecule has 2 aliphatic rings. The van der Waals surface area contributed by atoms with Gasteiger partial charge in [-0.25, -0.2) is 0 Å². The number of aryl methyl sites for hydroxylation is 1. The van der Waals surface area contributed by atoms with Crippen LogP contribution in [0.2, 0.25) is 0 Å². The van der Waals surface area contributed by atoms with Gasteiger partial charge in [-0.2, -0.15) is 0 Å². The van der Waals surface area contributed by atoms with E-state index < -0.39 is 0 Å². The molecular weight excluding hydrogens is 294 g/mol. The Bertz CT molecular complexity index is 844. The van der Waals surface area contributed by atoms with Crippen molar-refractivity contribution in [2.45, 2.75) is 58.6 Å². The van der Waals surface area contributed by atoms with E-state index >= 15 is 0 Å². The van der Waals surface area contributed by atoms with Gasteiger partial charge in [-0.05, 0) is 52.2 Å². The van der Waals surface area contributed by atoms with Crippen molar-refractivity contribution in [1.82, 2.24) is 0 Å². The molecule has 124 valence electrons. The molecule has 0 amide bonds. The molecule has 0 fully saturated rings. The van der Waals surface area contributed by atoms with Crippen molar-refractivity contribution in [3.05, 3.63) is 64.2 Å².